The van der Waals surface area contributed by atoms with E-state index in [1.807, 2.05) is 23.1 Å². The molecule has 0 saturated heterocycles. The van der Waals surface area contributed by atoms with Crippen LogP contribution >= 0.6 is 0 Å². The van der Waals surface area contributed by atoms with Crippen LogP contribution in [0.15, 0.2) is 35.6 Å². The summed E-state index contributed by atoms with van der Waals surface area (Å²) in [6, 6.07) is 6.13. The molecular formula is C20H29N5O2. The molecule has 1 aromatic carbocycles. The van der Waals surface area contributed by atoms with Gasteiger partial charge in [0.1, 0.15) is 0 Å². The molecule has 1 N–H and O–H groups in total. The van der Waals surface area contributed by atoms with E-state index in [-0.39, 0.29) is 0 Å². The summed E-state index contributed by atoms with van der Waals surface area (Å²) < 4.78 is 12.8. The third-order valence-electron chi connectivity index (χ3n) is 4.72. The lowest BCUT2D eigenvalue weighted by Gasteiger charge is -2.32. The van der Waals surface area contributed by atoms with Crippen LogP contribution in [-0.2, 0) is 19.5 Å². The van der Waals surface area contributed by atoms with E-state index in [2.05, 4.69) is 34.4 Å². The number of guanidine groups is 1. The first-order chi connectivity index (χ1) is 13.2. The summed E-state index contributed by atoms with van der Waals surface area (Å²) >= 11 is 0. The van der Waals surface area contributed by atoms with Gasteiger partial charge in [0.2, 0.25) is 0 Å². The van der Waals surface area contributed by atoms with Gasteiger partial charge < -0.3 is 19.7 Å². The summed E-state index contributed by atoms with van der Waals surface area (Å²) in [5.74, 6) is 2.54. The quantitative estimate of drug-likeness (QED) is 0.460. The molecular weight excluding hydrogens is 342 g/mol. The Morgan fingerprint density at radius 2 is 2.00 bits per heavy atom. The average Bonchev–Trinajstić information content (AvgIpc) is 3.22. The summed E-state index contributed by atoms with van der Waals surface area (Å²) in [6.07, 6.45) is 5.72. The van der Waals surface area contributed by atoms with Crippen molar-refractivity contribution in [3.05, 3.63) is 41.7 Å². The Labute approximate surface area is 161 Å². The molecule has 7 heteroatoms. The van der Waals surface area contributed by atoms with Crippen molar-refractivity contribution in [2.45, 2.75) is 32.9 Å². The number of hydrogen-bond donors (Lipinski definition) is 1. The van der Waals surface area contributed by atoms with Gasteiger partial charge in [0, 0.05) is 45.1 Å². The molecule has 27 heavy (non-hydrogen) atoms. The van der Waals surface area contributed by atoms with Crippen LogP contribution in [0.25, 0.3) is 0 Å². The number of ether oxygens (including phenoxy) is 2. The summed E-state index contributed by atoms with van der Waals surface area (Å²) in [6.45, 7) is 6.37. The second kappa shape index (κ2) is 9.30. The number of aromatic nitrogens is 2. The van der Waals surface area contributed by atoms with Crippen LogP contribution in [0.3, 0.4) is 0 Å². The minimum absolute atomic E-state index is 0.775. The molecule has 1 aliphatic rings. The van der Waals surface area contributed by atoms with E-state index in [0.29, 0.717) is 0 Å². The molecule has 0 amide bonds. The van der Waals surface area contributed by atoms with Crippen molar-refractivity contribution in [3.63, 3.8) is 0 Å². The standard InChI is InChI=1S/C20H29N5O2/c1-4-21-20(22-8-5-10-25-11-6-9-23-25)24-12-7-16-13-18(26-2)19(27-3)14-17(16)15-24/h6,9,11,13-14H,4-5,7-8,10,12,15H2,1-3H3,(H,21,22). The number of aliphatic imine (C=N–C) groups is 1. The van der Waals surface area contributed by atoms with E-state index >= 15 is 0 Å². The van der Waals surface area contributed by atoms with E-state index in [1.165, 1.54) is 11.1 Å². The van der Waals surface area contributed by atoms with E-state index in [1.54, 1.807) is 14.2 Å². The molecule has 2 heterocycles. The van der Waals surface area contributed by atoms with Crippen LogP contribution in [0, 0.1) is 0 Å². The predicted octanol–water partition coefficient (Wildman–Crippen LogP) is 2.31. The number of nitrogens with one attached hydrogen (secondary N) is 1. The Balaban J connectivity index is 1.66. The number of hydrogen-bond acceptors (Lipinski definition) is 4. The number of rotatable bonds is 7. The Morgan fingerprint density at radius 1 is 1.22 bits per heavy atom. The molecule has 0 bridgehead atoms. The van der Waals surface area contributed by atoms with E-state index in [9.17, 15) is 0 Å². The summed E-state index contributed by atoms with van der Waals surface area (Å²) in [5, 5.41) is 7.66. The van der Waals surface area contributed by atoms with Crippen molar-refractivity contribution in [2.24, 2.45) is 4.99 Å². The van der Waals surface area contributed by atoms with Gasteiger partial charge in [0.15, 0.2) is 17.5 Å². The maximum absolute atomic E-state index is 5.46. The van der Waals surface area contributed by atoms with Crippen LogP contribution in [0.5, 0.6) is 11.5 Å². The lowest BCUT2D eigenvalue weighted by Crippen LogP contribution is -2.44. The molecule has 2 aromatic rings. The van der Waals surface area contributed by atoms with E-state index in [0.717, 1.165) is 63.0 Å². The van der Waals surface area contributed by atoms with Crippen molar-refractivity contribution in [1.82, 2.24) is 20.0 Å². The molecule has 146 valence electrons. The summed E-state index contributed by atoms with van der Waals surface area (Å²) in [4.78, 5) is 7.13. The monoisotopic (exact) mass is 371 g/mol. The van der Waals surface area contributed by atoms with Gasteiger partial charge in [-0.3, -0.25) is 9.67 Å². The van der Waals surface area contributed by atoms with Gasteiger partial charge in [0.05, 0.1) is 14.2 Å². The highest BCUT2D eigenvalue weighted by Crippen LogP contribution is 2.33. The maximum Gasteiger partial charge on any atom is 0.194 e. The Hall–Kier alpha value is -2.70. The van der Waals surface area contributed by atoms with E-state index < -0.39 is 0 Å². The van der Waals surface area contributed by atoms with Gasteiger partial charge in [-0.05, 0) is 49.1 Å². The number of benzene rings is 1. The first-order valence-corrected chi connectivity index (χ1v) is 9.49. The molecule has 0 atom stereocenters. The Bertz CT molecular complexity index is 758. The third kappa shape index (κ3) is 4.72. The molecule has 1 aromatic heterocycles. The molecule has 0 saturated carbocycles. The third-order valence-corrected chi connectivity index (χ3v) is 4.72. The molecule has 0 fully saturated rings. The smallest absolute Gasteiger partial charge is 0.194 e. The molecule has 0 aliphatic carbocycles. The zero-order chi connectivity index (χ0) is 19.1. The van der Waals surface area contributed by atoms with Gasteiger partial charge in [-0.1, -0.05) is 0 Å². The lowest BCUT2D eigenvalue weighted by atomic mass is 9.99. The molecule has 0 radical (unpaired) electrons. The highest BCUT2D eigenvalue weighted by atomic mass is 16.5. The minimum Gasteiger partial charge on any atom is -0.493 e. The Morgan fingerprint density at radius 3 is 2.67 bits per heavy atom. The normalized spacial score (nSPS) is 14.0. The number of methoxy groups -OCH3 is 2. The molecule has 0 unspecified atom stereocenters. The largest absolute Gasteiger partial charge is 0.493 e. The van der Waals surface area contributed by atoms with Gasteiger partial charge in [-0.25, -0.2) is 0 Å². The zero-order valence-corrected chi connectivity index (χ0v) is 16.4. The average molecular weight is 371 g/mol. The lowest BCUT2D eigenvalue weighted by molar-refractivity contribution is 0.346. The summed E-state index contributed by atoms with van der Waals surface area (Å²) in [7, 11) is 3.36. The van der Waals surface area contributed by atoms with Crippen molar-refractivity contribution in [1.29, 1.82) is 0 Å². The fourth-order valence-electron chi connectivity index (χ4n) is 3.34. The van der Waals surface area contributed by atoms with Crippen LogP contribution in [0.2, 0.25) is 0 Å². The van der Waals surface area contributed by atoms with Gasteiger partial charge in [0.25, 0.3) is 0 Å². The van der Waals surface area contributed by atoms with E-state index in [4.69, 9.17) is 14.5 Å². The van der Waals surface area contributed by atoms with Crippen molar-refractivity contribution in [3.8, 4) is 11.5 Å². The highest BCUT2D eigenvalue weighted by molar-refractivity contribution is 5.80. The van der Waals surface area contributed by atoms with Crippen LogP contribution in [-0.4, -0.2) is 54.5 Å². The SMILES string of the molecule is CCNC(=NCCCn1cccn1)N1CCc2cc(OC)c(OC)cc2C1. The number of aryl methyl sites for hydroxylation is 1. The molecule has 7 nitrogen and oxygen atoms in total. The topological polar surface area (TPSA) is 63.9 Å². The zero-order valence-electron chi connectivity index (χ0n) is 16.4. The molecule has 1 aliphatic heterocycles. The fraction of sp³-hybridized carbons (Fsp3) is 0.500. The fourth-order valence-corrected chi connectivity index (χ4v) is 3.34. The van der Waals surface area contributed by atoms with Crippen molar-refractivity contribution in [2.75, 3.05) is 33.9 Å². The number of fused-ring (bicyclic) bond motifs is 1. The predicted molar refractivity (Wildman–Crippen MR) is 106 cm³/mol. The Kier molecular flexibility index (Phi) is 6.57. The minimum atomic E-state index is 0.775. The first kappa shape index (κ1) is 19.1. The highest BCUT2D eigenvalue weighted by Gasteiger charge is 2.21. The van der Waals surface area contributed by atoms with Gasteiger partial charge in [-0.15, -0.1) is 0 Å². The van der Waals surface area contributed by atoms with Crippen molar-refractivity contribution < 1.29 is 9.47 Å². The summed E-state index contributed by atoms with van der Waals surface area (Å²) in [5.41, 5.74) is 2.58. The van der Waals surface area contributed by atoms with Crippen LogP contribution in [0.4, 0.5) is 0 Å². The molecule has 0 spiro atoms. The second-order valence-electron chi connectivity index (χ2n) is 6.51. The number of nitrogens with zero attached hydrogens (tertiary/aromatic N) is 4. The van der Waals surface area contributed by atoms with Gasteiger partial charge in [-0.2, -0.15) is 5.10 Å². The van der Waals surface area contributed by atoms with Crippen LogP contribution < -0.4 is 14.8 Å². The van der Waals surface area contributed by atoms with Crippen LogP contribution in [0.1, 0.15) is 24.5 Å². The first-order valence-electron chi connectivity index (χ1n) is 9.49. The molecule has 3 rings (SSSR count). The second-order valence-corrected chi connectivity index (χ2v) is 6.51. The maximum atomic E-state index is 5.46. The van der Waals surface area contributed by atoms with Gasteiger partial charge >= 0.3 is 0 Å². The van der Waals surface area contributed by atoms with Crippen molar-refractivity contribution >= 4 is 5.96 Å².